The summed E-state index contributed by atoms with van der Waals surface area (Å²) in [6.45, 7) is 0. The second-order valence-corrected chi connectivity index (χ2v) is 3.52. The van der Waals surface area contributed by atoms with Crippen LogP contribution in [0.5, 0.6) is 0 Å². The lowest BCUT2D eigenvalue weighted by molar-refractivity contribution is -0.125. The standard InChI is InChI=1S/C9H16N2O2/c10-8(12)5-6-9(13)11-7-3-1-2-4-7/h7H,1-6H2,(H2,10,12)(H,11,13). The van der Waals surface area contributed by atoms with E-state index in [1.807, 2.05) is 0 Å². The first kappa shape index (κ1) is 10.0. The summed E-state index contributed by atoms with van der Waals surface area (Å²) in [7, 11) is 0. The second kappa shape index (κ2) is 4.84. The Morgan fingerprint density at radius 3 is 2.38 bits per heavy atom. The average molecular weight is 184 g/mol. The van der Waals surface area contributed by atoms with Crippen molar-refractivity contribution in [2.45, 2.75) is 44.6 Å². The van der Waals surface area contributed by atoms with E-state index < -0.39 is 5.91 Å². The molecule has 1 aliphatic carbocycles. The molecule has 0 aromatic carbocycles. The molecule has 0 spiro atoms. The first-order valence-electron chi connectivity index (χ1n) is 4.76. The van der Waals surface area contributed by atoms with E-state index in [4.69, 9.17) is 5.73 Å². The van der Waals surface area contributed by atoms with Crippen LogP contribution in [0.25, 0.3) is 0 Å². The normalized spacial score (nSPS) is 17.2. The van der Waals surface area contributed by atoms with E-state index in [1.165, 1.54) is 12.8 Å². The Morgan fingerprint density at radius 1 is 1.23 bits per heavy atom. The summed E-state index contributed by atoms with van der Waals surface area (Å²) in [4.78, 5) is 21.6. The minimum atomic E-state index is -0.415. The van der Waals surface area contributed by atoms with Gasteiger partial charge in [-0.2, -0.15) is 0 Å². The van der Waals surface area contributed by atoms with Crippen LogP contribution in [-0.4, -0.2) is 17.9 Å². The fraction of sp³-hybridized carbons (Fsp3) is 0.778. The lowest BCUT2D eigenvalue weighted by atomic mass is 10.2. The Morgan fingerprint density at radius 2 is 1.85 bits per heavy atom. The molecule has 0 radical (unpaired) electrons. The molecule has 0 aliphatic heterocycles. The summed E-state index contributed by atoms with van der Waals surface area (Å²) in [6, 6.07) is 0.334. The third-order valence-electron chi connectivity index (χ3n) is 2.32. The van der Waals surface area contributed by atoms with Crippen LogP contribution in [0.15, 0.2) is 0 Å². The molecular weight excluding hydrogens is 168 g/mol. The van der Waals surface area contributed by atoms with Gasteiger partial charge in [0.25, 0.3) is 0 Å². The number of amides is 2. The number of rotatable bonds is 4. The monoisotopic (exact) mass is 184 g/mol. The maximum Gasteiger partial charge on any atom is 0.220 e. The first-order valence-corrected chi connectivity index (χ1v) is 4.76. The zero-order valence-electron chi connectivity index (χ0n) is 7.71. The minimum Gasteiger partial charge on any atom is -0.370 e. The SMILES string of the molecule is NC(=O)CCC(=O)NC1CCCC1. The highest BCUT2D eigenvalue weighted by atomic mass is 16.2. The van der Waals surface area contributed by atoms with Crippen molar-refractivity contribution in [3.05, 3.63) is 0 Å². The molecule has 0 saturated heterocycles. The summed E-state index contributed by atoms with van der Waals surface area (Å²) in [5.41, 5.74) is 4.93. The minimum absolute atomic E-state index is 0.0503. The Kier molecular flexibility index (Phi) is 3.73. The maximum atomic E-state index is 11.2. The molecule has 4 heteroatoms. The lowest BCUT2D eigenvalue weighted by Gasteiger charge is -2.10. The number of nitrogens with two attached hydrogens (primary N) is 1. The highest BCUT2D eigenvalue weighted by Crippen LogP contribution is 2.17. The topological polar surface area (TPSA) is 72.2 Å². The first-order chi connectivity index (χ1) is 6.18. The molecule has 3 N–H and O–H groups in total. The van der Waals surface area contributed by atoms with Crippen molar-refractivity contribution in [1.29, 1.82) is 0 Å². The Balaban J connectivity index is 2.13. The summed E-state index contributed by atoms with van der Waals surface area (Å²) < 4.78 is 0. The van der Waals surface area contributed by atoms with Gasteiger partial charge in [0.15, 0.2) is 0 Å². The van der Waals surface area contributed by atoms with Gasteiger partial charge in [0.2, 0.25) is 11.8 Å². The molecule has 2 amide bonds. The van der Waals surface area contributed by atoms with E-state index in [0.717, 1.165) is 12.8 Å². The second-order valence-electron chi connectivity index (χ2n) is 3.52. The molecule has 0 atom stereocenters. The fourth-order valence-corrected chi connectivity index (χ4v) is 1.61. The van der Waals surface area contributed by atoms with Crippen LogP contribution in [0.2, 0.25) is 0 Å². The van der Waals surface area contributed by atoms with E-state index in [9.17, 15) is 9.59 Å². The molecule has 74 valence electrons. The zero-order chi connectivity index (χ0) is 9.68. The number of carbonyl (C=O) groups excluding carboxylic acids is 2. The number of hydrogen-bond donors (Lipinski definition) is 2. The van der Waals surface area contributed by atoms with Crippen LogP contribution >= 0.6 is 0 Å². The fourth-order valence-electron chi connectivity index (χ4n) is 1.61. The maximum absolute atomic E-state index is 11.2. The van der Waals surface area contributed by atoms with E-state index in [-0.39, 0.29) is 18.7 Å². The van der Waals surface area contributed by atoms with Crippen LogP contribution < -0.4 is 11.1 Å². The molecule has 0 heterocycles. The van der Waals surface area contributed by atoms with Crippen molar-refractivity contribution < 1.29 is 9.59 Å². The van der Waals surface area contributed by atoms with Gasteiger partial charge in [0.1, 0.15) is 0 Å². The predicted octanol–water partition coefficient (Wildman–Crippen LogP) is 0.311. The van der Waals surface area contributed by atoms with Crippen molar-refractivity contribution in [2.24, 2.45) is 5.73 Å². The molecule has 1 fully saturated rings. The highest BCUT2D eigenvalue weighted by Gasteiger charge is 2.16. The number of hydrogen-bond acceptors (Lipinski definition) is 2. The highest BCUT2D eigenvalue weighted by molar-refractivity contribution is 5.82. The van der Waals surface area contributed by atoms with Gasteiger partial charge in [-0.05, 0) is 12.8 Å². The summed E-state index contributed by atoms with van der Waals surface area (Å²) in [6.07, 6.45) is 4.91. The van der Waals surface area contributed by atoms with Gasteiger partial charge in [0.05, 0.1) is 0 Å². The van der Waals surface area contributed by atoms with Crippen LogP contribution in [0, 0.1) is 0 Å². The predicted molar refractivity (Wildman–Crippen MR) is 48.8 cm³/mol. The van der Waals surface area contributed by atoms with Crippen molar-refractivity contribution in [1.82, 2.24) is 5.32 Å². The van der Waals surface area contributed by atoms with Gasteiger partial charge in [-0.15, -0.1) is 0 Å². The van der Waals surface area contributed by atoms with E-state index in [2.05, 4.69) is 5.32 Å². The Labute approximate surface area is 77.9 Å². The van der Waals surface area contributed by atoms with Crippen molar-refractivity contribution >= 4 is 11.8 Å². The van der Waals surface area contributed by atoms with Crippen molar-refractivity contribution in [3.8, 4) is 0 Å². The third-order valence-corrected chi connectivity index (χ3v) is 2.32. The Bertz CT molecular complexity index is 198. The summed E-state index contributed by atoms with van der Waals surface area (Å²) in [5, 5.41) is 2.89. The molecule has 0 unspecified atom stereocenters. The largest absolute Gasteiger partial charge is 0.370 e. The van der Waals surface area contributed by atoms with Crippen molar-refractivity contribution in [3.63, 3.8) is 0 Å². The quantitative estimate of drug-likeness (QED) is 0.660. The zero-order valence-corrected chi connectivity index (χ0v) is 7.71. The summed E-state index contributed by atoms with van der Waals surface area (Å²) in [5.74, 6) is -0.465. The molecule has 13 heavy (non-hydrogen) atoms. The van der Waals surface area contributed by atoms with Crippen molar-refractivity contribution in [2.75, 3.05) is 0 Å². The molecule has 0 bridgehead atoms. The molecular formula is C9H16N2O2. The Hall–Kier alpha value is -1.06. The van der Waals surface area contributed by atoms with Crippen LogP contribution in [0.4, 0.5) is 0 Å². The molecule has 0 aromatic rings. The number of nitrogens with one attached hydrogen (secondary N) is 1. The van der Waals surface area contributed by atoms with E-state index in [0.29, 0.717) is 6.04 Å². The number of primary amides is 1. The molecule has 1 aliphatic rings. The molecule has 1 saturated carbocycles. The van der Waals surface area contributed by atoms with Gasteiger partial charge < -0.3 is 11.1 Å². The number of carbonyl (C=O) groups is 2. The van der Waals surface area contributed by atoms with Crippen LogP contribution in [0.3, 0.4) is 0 Å². The molecule has 4 nitrogen and oxygen atoms in total. The third kappa shape index (κ3) is 3.92. The van der Waals surface area contributed by atoms with E-state index in [1.54, 1.807) is 0 Å². The van der Waals surface area contributed by atoms with E-state index >= 15 is 0 Å². The lowest BCUT2D eigenvalue weighted by Crippen LogP contribution is -2.33. The van der Waals surface area contributed by atoms with Gasteiger partial charge in [0, 0.05) is 18.9 Å². The average Bonchev–Trinajstić information content (AvgIpc) is 2.53. The summed E-state index contributed by atoms with van der Waals surface area (Å²) >= 11 is 0. The molecule has 0 aromatic heterocycles. The van der Waals surface area contributed by atoms with Gasteiger partial charge in [-0.25, -0.2) is 0 Å². The molecule has 1 rings (SSSR count). The van der Waals surface area contributed by atoms with Gasteiger partial charge in [-0.1, -0.05) is 12.8 Å². The van der Waals surface area contributed by atoms with Crippen LogP contribution in [-0.2, 0) is 9.59 Å². The van der Waals surface area contributed by atoms with Crippen LogP contribution in [0.1, 0.15) is 38.5 Å². The van der Waals surface area contributed by atoms with Gasteiger partial charge >= 0.3 is 0 Å². The van der Waals surface area contributed by atoms with Gasteiger partial charge in [-0.3, -0.25) is 9.59 Å². The smallest absolute Gasteiger partial charge is 0.220 e.